The molecule has 2 heterocycles. The summed E-state index contributed by atoms with van der Waals surface area (Å²) in [4.78, 5) is 7.69. The van der Waals surface area contributed by atoms with E-state index in [0.717, 1.165) is 4.31 Å². The van der Waals surface area contributed by atoms with Gasteiger partial charge in [0.25, 0.3) is 0 Å². The van der Waals surface area contributed by atoms with Gasteiger partial charge in [-0.25, -0.2) is 18.4 Å². The van der Waals surface area contributed by atoms with Crippen LogP contribution in [0.25, 0.3) is 0 Å². The van der Waals surface area contributed by atoms with Crippen molar-refractivity contribution in [2.24, 2.45) is 0 Å². The quantitative estimate of drug-likeness (QED) is 0.791. The van der Waals surface area contributed by atoms with Crippen molar-refractivity contribution in [1.29, 1.82) is 0 Å². The van der Waals surface area contributed by atoms with Gasteiger partial charge < -0.3 is 4.74 Å². The first-order chi connectivity index (χ1) is 10.7. The van der Waals surface area contributed by atoms with Crippen LogP contribution < -0.4 is 4.74 Å². The third kappa shape index (κ3) is 5.78. The second-order valence-corrected chi connectivity index (χ2v) is 7.63. The van der Waals surface area contributed by atoms with Crippen LogP contribution in [0.4, 0.5) is 13.2 Å². The van der Waals surface area contributed by atoms with Gasteiger partial charge in [-0.05, 0) is 12.8 Å². The summed E-state index contributed by atoms with van der Waals surface area (Å²) in [5.41, 5.74) is 0. The summed E-state index contributed by atoms with van der Waals surface area (Å²) in [5.74, 6) is -0.958. The number of nitrogens with zero attached hydrogens (tertiary/aromatic N) is 3. The highest BCUT2D eigenvalue weighted by atomic mass is 35.5. The van der Waals surface area contributed by atoms with E-state index in [0.29, 0.717) is 17.9 Å². The number of rotatable bonds is 5. The van der Waals surface area contributed by atoms with Gasteiger partial charge >= 0.3 is 12.2 Å². The number of ether oxygens (including phenoxy) is 1. The van der Waals surface area contributed by atoms with Crippen molar-refractivity contribution in [1.82, 2.24) is 14.3 Å². The molecular formula is C12H15ClF3N3O3S. The van der Waals surface area contributed by atoms with Crippen molar-refractivity contribution in [3.8, 4) is 6.01 Å². The van der Waals surface area contributed by atoms with Crippen molar-refractivity contribution in [3.05, 3.63) is 17.4 Å². The van der Waals surface area contributed by atoms with Gasteiger partial charge in [-0.2, -0.15) is 17.5 Å². The standard InChI is InChI=1S/C12H15ClF3N3O3S/c13-9-6-17-11(18-7-9)22-10-2-1-4-19(8-10)23(20,21)5-3-12(14,15)16/h6-7,10H,1-5,8H2. The van der Waals surface area contributed by atoms with Gasteiger partial charge in [0, 0.05) is 6.54 Å². The molecule has 0 bridgehead atoms. The van der Waals surface area contributed by atoms with Crippen LogP contribution in [0.15, 0.2) is 12.4 Å². The van der Waals surface area contributed by atoms with E-state index in [1.165, 1.54) is 12.4 Å². The average molecular weight is 374 g/mol. The van der Waals surface area contributed by atoms with Gasteiger partial charge in [0.05, 0.1) is 36.1 Å². The molecule has 1 atom stereocenters. The highest BCUT2D eigenvalue weighted by Crippen LogP contribution is 2.23. The average Bonchev–Trinajstić information content (AvgIpc) is 2.47. The molecule has 23 heavy (non-hydrogen) atoms. The first-order valence-corrected chi connectivity index (χ1v) is 8.83. The predicted molar refractivity (Wildman–Crippen MR) is 76.7 cm³/mol. The first-order valence-electron chi connectivity index (χ1n) is 6.84. The van der Waals surface area contributed by atoms with E-state index >= 15 is 0 Å². The summed E-state index contributed by atoms with van der Waals surface area (Å²) in [6, 6.07) is 0.0499. The maximum absolute atomic E-state index is 12.2. The lowest BCUT2D eigenvalue weighted by atomic mass is 10.1. The van der Waals surface area contributed by atoms with E-state index in [1.54, 1.807) is 0 Å². The fourth-order valence-corrected chi connectivity index (χ4v) is 3.78. The van der Waals surface area contributed by atoms with Crippen LogP contribution in [0.5, 0.6) is 6.01 Å². The number of alkyl halides is 3. The Bertz CT molecular complexity index is 625. The SMILES string of the molecule is O=S(=O)(CCC(F)(F)F)N1CCCC(Oc2ncc(Cl)cn2)C1. The highest BCUT2D eigenvalue weighted by molar-refractivity contribution is 7.89. The van der Waals surface area contributed by atoms with Crippen molar-refractivity contribution < 1.29 is 26.3 Å². The van der Waals surface area contributed by atoms with E-state index in [-0.39, 0.29) is 19.1 Å². The minimum Gasteiger partial charge on any atom is -0.459 e. The summed E-state index contributed by atoms with van der Waals surface area (Å²) in [5, 5.41) is 0.331. The number of hydrogen-bond donors (Lipinski definition) is 0. The Labute approximate surface area is 136 Å². The third-order valence-electron chi connectivity index (χ3n) is 3.25. The van der Waals surface area contributed by atoms with Crippen LogP contribution in [0.1, 0.15) is 19.3 Å². The molecule has 1 aromatic rings. The van der Waals surface area contributed by atoms with Gasteiger partial charge in [0.1, 0.15) is 6.10 Å². The normalized spacial score (nSPS) is 20.4. The second kappa shape index (κ2) is 7.18. The number of sulfonamides is 1. The molecule has 2 rings (SSSR count). The summed E-state index contributed by atoms with van der Waals surface area (Å²) < 4.78 is 67.1. The molecule has 1 aromatic heterocycles. The maximum Gasteiger partial charge on any atom is 0.390 e. The van der Waals surface area contributed by atoms with Crippen LogP contribution in [0.2, 0.25) is 5.02 Å². The molecule has 1 saturated heterocycles. The van der Waals surface area contributed by atoms with E-state index in [1.807, 2.05) is 0 Å². The largest absolute Gasteiger partial charge is 0.459 e. The molecule has 1 unspecified atom stereocenters. The molecule has 1 aliphatic rings. The van der Waals surface area contributed by atoms with E-state index in [9.17, 15) is 21.6 Å². The summed E-state index contributed by atoms with van der Waals surface area (Å²) in [6.45, 7) is 0.160. The Kier molecular flexibility index (Phi) is 5.69. The molecular weight excluding hydrogens is 359 g/mol. The minimum absolute atomic E-state index is 0.0216. The Balaban J connectivity index is 1.95. The van der Waals surface area contributed by atoms with Crippen LogP contribution in [0.3, 0.4) is 0 Å². The zero-order chi connectivity index (χ0) is 17.1. The van der Waals surface area contributed by atoms with Crippen LogP contribution >= 0.6 is 11.6 Å². The van der Waals surface area contributed by atoms with Crippen molar-refractivity contribution in [2.75, 3.05) is 18.8 Å². The maximum atomic E-state index is 12.2. The summed E-state index contributed by atoms with van der Waals surface area (Å²) in [6.07, 6.45) is -2.64. The minimum atomic E-state index is -4.50. The molecule has 0 radical (unpaired) electrons. The smallest absolute Gasteiger partial charge is 0.390 e. The van der Waals surface area contributed by atoms with Crippen LogP contribution in [0, 0.1) is 0 Å². The number of halogens is 4. The predicted octanol–water partition coefficient (Wildman–Crippen LogP) is 2.26. The van der Waals surface area contributed by atoms with E-state index in [2.05, 4.69) is 9.97 Å². The first kappa shape index (κ1) is 18.2. The fraction of sp³-hybridized carbons (Fsp3) is 0.667. The van der Waals surface area contributed by atoms with Gasteiger partial charge in [-0.15, -0.1) is 0 Å². The lowest BCUT2D eigenvalue weighted by Crippen LogP contribution is -2.45. The lowest BCUT2D eigenvalue weighted by molar-refractivity contribution is -0.130. The molecule has 0 aliphatic carbocycles. The zero-order valence-electron chi connectivity index (χ0n) is 12.0. The molecule has 0 aromatic carbocycles. The van der Waals surface area contributed by atoms with Gasteiger partial charge in [-0.1, -0.05) is 11.6 Å². The Hall–Kier alpha value is -1.13. The van der Waals surface area contributed by atoms with Gasteiger partial charge in [-0.3, -0.25) is 0 Å². The lowest BCUT2D eigenvalue weighted by Gasteiger charge is -2.31. The Morgan fingerprint density at radius 1 is 1.35 bits per heavy atom. The highest BCUT2D eigenvalue weighted by Gasteiger charge is 2.35. The third-order valence-corrected chi connectivity index (χ3v) is 5.28. The fourth-order valence-electron chi connectivity index (χ4n) is 2.14. The molecule has 0 amide bonds. The molecule has 6 nitrogen and oxygen atoms in total. The van der Waals surface area contributed by atoms with Gasteiger partial charge in [0.2, 0.25) is 10.0 Å². The van der Waals surface area contributed by atoms with Crippen molar-refractivity contribution >= 4 is 21.6 Å². The van der Waals surface area contributed by atoms with E-state index < -0.39 is 34.5 Å². The van der Waals surface area contributed by atoms with Crippen LogP contribution in [-0.4, -0.2) is 53.8 Å². The molecule has 0 saturated carbocycles. The number of aromatic nitrogens is 2. The number of hydrogen-bond acceptors (Lipinski definition) is 5. The molecule has 11 heteroatoms. The van der Waals surface area contributed by atoms with E-state index in [4.69, 9.17) is 16.3 Å². The zero-order valence-corrected chi connectivity index (χ0v) is 13.5. The number of piperidine rings is 1. The topological polar surface area (TPSA) is 72.4 Å². The van der Waals surface area contributed by atoms with Crippen molar-refractivity contribution in [2.45, 2.75) is 31.5 Å². The molecule has 0 spiro atoms. The molecule has 1 fully saturated rings. The molecule has 1 aliphatic heterocycles. The summed E-state index contributed by atoms with van der Waals surface area (Å²) >= 11 is 5.65. The second-order valence-electron chi connectivity index (χ2n) is 5.11. The van der Waals surface area contributed by atoms with Crippen molar-refractivity contribution in [3.63, 3.8) is 0 Å². The molecule has 0 N–H and O–H groups in total. The Morgan fingerprint density at radius 2 is 2.00 bits per heavy atom. The van der Waals surface area contributed by atoms with Crippen LogP contribution in [-0.2, 0) is 10.0 Å². The van der Waals surface area contributed by atoms with Gasteiger partial charge in [0.15, 0.2) is 0 Å². The summed E-state index contributed by atoms with van der Waals surface area (Å²) in [7, 11) is -3.98. The molecule has 130 valence electrons. The monoisotopic (exact) mass is 373 g/mol. The Morgan fingerprint density at radius 3 is 2.61 bits per heavy atom.